The lowest BCUT2D eigenvalue weighted by atomic mass is 9.86. The fourth-order valence-electron chi connectivity index (χ4n) is 2.32. The molecule has 0 aromatic heterocycles. The molecule has 2 nitrogen and oxygen atoms in total. The molecule has 1 aliphatic heterocycles. The molecule has 1 unspecified atom stereocenters. The number of rotatable bonds is 4. The summed E-state index contributed by atoms with van der Waals surface area (Å²) in [7, 11) is 0. The maximum Gasteiger partial charge on any atom is 0.141 e. The van der Waals surface area contributed by atoms with Crippen LogP contribution in [0.5, 0.6) is 0 Å². The van der Waals surface area contributed by atoms with E-state index in [1.54, 1.807) is 0 Å². The number of terminal acetylenes is 1. The van der Waals surface area contributed by atoms with Gasteiger partial charge < -0.3 is 5.32 Å². The molecule has 2 heteroatoms. The second-order valence-corrected chi connectivity index (χ2v) is 4.41. The number of fused-ring (bicyclic) bond motifs is 1. The lowest BCUT2D eigenvalue weighted by molar-refractivity contribution is -0.120. The summed E-state index contributed by atoms with van der Waals surface area (Å²) in [4.78, 5) is 12.1. The van der Waals surface area contributed by atoms with E-state index in [1.807, 2.05) is 12.1 Å². The topological polar surface area (TPSA) is 29.1 Å². The van der Waals surface area contributed by atoms with Crippen molar-refractivity contribution in [3.8, 4) is 12.3 Å². The molecule has 1 heterocycles. The zero-order chi connectivity index (χ0) is 12.1. The van der Waals surface area contributed by atoms with Crippen LogP contribution >= 0.6 is 0 Å². The Balaban J connectivity index is 2.08. The largest absolute Gasteiger partial charge is 0.312 e. The number of ketones is 1. The van der Waals surface area contributed by atoms with Gasteiger partial charge in [0.1, 0.15) is 5.78 Å². The van der Waals surface area contributed by atoms with Crippen molar-refractivity contribution >= 4 is 5.78 Å². The maximum absolute atomic E-state index is 12.1. The third kappa shape index (κ3) is 2.75. The van der Waals surface area contributed by atoms with Crippen molar-refractivity contribution in [2.45, 2.75) is 31.7 Å². The average Bonchev–Trinajstić information content (AvgIpc) is 2.38. The van der Waals surface area contributed by atoms with Gasteiger partial charge in [0.2, 0.25) is 0 Å². The summed E-state index contributed by atoms with van der Waals surface area (Å²) in [6.07, 6.45) is 7.27. The van der Waals surface area contributed by atoms with Gasteiger partial charge >= 0.3 is 0 Å². The van der Waals surface area contributed by atoms with Crippen LogP contribution in [-0.4, -0.2) is 12.3 Å². The van der Waals surface area contributed by atoms with E-state index in [9.17, 15) is 4.79 Å². The first-order valence-corrected chi connectivity index (χ1v) is 6.07. The molecule has 0 amide bonds. The van der Waals surface area contributed by atoms with Crippen molar-refractivity contribution in [2.75, 3.05) is 6.54 Å². The van der Waals surface area contributed by atoms with Gasteiger partial charge in [-0.2, -0.15) is 0 Å². The normalized spacial score (nSPS) is 18.2. The SMILES string of the molecule is C#CCCCC(=O)C1CNCc2ccccc21. The van der Waals surface area contributed by atoms with E-state index in [4.69, 9.17) is 6.42 Å². The quantitative estimate of drug-likeness (QED) is 0.631. The molecule has 0 saturated carbocycles. The molecule has 1 aromatic rings. The van der Waals surface area contributed by atoms with Crippen LogP contribution in [-0.2, 0) is 11.3 Å². The maximum atomic E-state index is 12.1. The fourth-order valence-corrected chi connectivity index (χ4v) is 2.32. The average molecular weight is 227 g/mol. The molecule has 0 saturated heterocycles. The second-order valence-electron chi connectivity index (χ2n) is 4.41. The molecule has 0 fully saturated rings. The fraction of sp³-hybridized carbons (Fsp3) is 0.400. The molecule has 0 aliphatic carbocycles. The number of Topliss-reactive ketones (excluding diaryl/α,β-unsaturated/α-hetero) is 1. The Morgan fingerprint density at radius 2 is 2.29 bits per heavy atom. The third-order valence-corrected chi connectivity index (χ3v) is 3.23. The Labute approximate surface area is 102 Å². The molecule has 2 rings (SSSR count). The highest BCUT2D eigenvalue weighted by atomic mass is 16.1. The third-order valence-electron chi connectivity index (χ3n) is 3.23. The zero-order valence-corrected chi connectivity index (χ0v) is 9.91. The van der Waals surface area contributed by atoms with Gasteiger partial charge in [0, 0.05) is 25.9 Å². The van der Waals surface area contributed by atoms with Gasteiger partial charge in [0.25, 0.3) is 0 Å². The van der Waals surface area contributed by atoms with E-state index in [0.717, 1.165) is 19.5 Å². The van der Waals surface area contributed by atoms with E-state index < -0.39 is 0 Å². The summed E-state index contributed by atoms with van der Waals surface area (Å²) in [6.45, 7) is 1.62. The van der Waals surface area contributed by atoms with E-state index in [0.29, 0.717) is 18.6 Å². The lowest BCUT2D eigenvalue weighted by Crippen LogP contribution is -2.32. The summed E-state index contributed by atoms with van der Waals surface area (Å²) in [5.74, 6) is 2.89. The lowest BCUT2D eigenvalue weighted by Gasteiger charge is -2.25. The number of hydrogen-bond donors (Lipinski definition) is 1. The van der Waals surface area contributed by atoms with Crippen molar-refractivity contribution in [2.24, 2.45) is 0 Å². The van der Waals surface area contributed by atoms with Crippen molar-refractivity contribution < 1.29 is 4.79 Å². The molecule has 0 radical (unpaired) electrons. The van der Waals surface area contributed by atoms with Gasteiger partial charge in [-0.25, -0.2) is 0 Å². The highest BCUT2D eigenvalue weighted by Gasteiger charge is 2.24. The van der Waals surface area contributed by atoms with Crippen LogP contribution in [0.25, 0.3) is 0 Å². The minimum atomic E-state index is 0.0118. The highest BCUT2D eigenvalue weighted by molar-refractivity contribution is 5.86. The number of hydrogen-bond acceptors (Lipinski definition) is 2. The predicted octanol–water partition coefficient (Wildman–Crippen LogP) is 2.25. The molecule has 0 spiro atoms. The van der Waals surface area contributed by atoms with Crippen LogP contribution in [0.3, 0.4) is 0 Å². The molecule has 0 bridgehead atoms. The Bertz CT molecular complexity index is 444. The number of carbonyl (C=O) groups is 1. The summed E-state index contributed by atoms with van der Waals surface area (Å²) >= 11 is 0. The van der Waals surface area contributed by atoms with Gasteiger partial charge in [-0.05, 0) is 17.5 Å². The van der Waals surface area contributed by atoms with E-state index in [1.165, 1.54) is 11.1 Å². The monoisotopic (exact) mass is 227 g/mol. The predicted molar refractivity (Wildman–Crippen MR) is 68.6 cm³/mol. The van der Waals surface area contributed by atoms with Crippen LogP contribution in [0.15, 0.2) is 24.3 Å². The molecule has 1 aromatic carbocycles. The zero-order valence-electron chi connectivity index (χ0n) is 9.91. The minimum absolute atomic E-state index is 0.0118. The summed E-state index contributed by atoms with van der Waals surface area (Å²) in [6, 6.07) is 8.18. The minimum Gasteiger partial charge on any atom is -0.312 e. The van der Waals surface area contributed by atoms with Crippen molar-refractivity contribution in [3.63, 3.8) is 0 Å². The Kier molecular flexibility index (Phi) is 3.95. The van der Waals surface area contributed by atoms with Gasteiger partial charge in [-0.3, -0.25) is 4.79 Å². The van der Waals surface area contributed by atoms with Crippen molar-refractivity contribution in [1.82, 2.24) is 5.32 Å². The van der Waals surface area contributed by atoms with E-state index >= 15 is 0 Å². The summed E-state index contributed by atoms with van der Waals surface area (Å²) < 4.78 is 0. The van der Waals surface area contributed by atoms with E-state index in [2.05, 4.69) is 23.4 Å². The first kappa shape index (κ1) is 11.9. The summed E-state index contributed by atoms with van der Waals surface area (Å²) in [5.41, 5.74) is 2.44. The van der Waals surface area contributed by atoms with Crippen LogP contribution < -0.4 is 5.32 Å². The second kappa shape index (κ2) is 5.65. The molecule has 1 N–H and O–H groups in total. The van der Waals surface area contributed by atoms with Gasteiger partial charge in [0.05, 0.1) is 5.92 Å². The van der Waals surface area contributed by atoms with Crippen LogP contribution in [0, 0.1) is 12.3 Å². The standard InChI is InChI=1S/C15H17NO/c1-2-3-4-9-15(17)14-11-16-10-12-7-5-6-8-13(12)14/h1,5-8,14,16H,3-4,9-11H2. The molecule has 88 valence electrons. The highest BCUT2D eigenvalue weighted by Crippen LogP contribution is 2.25. The first-order chi connectivity index (χ1) is 8.33. The molecule has 1 atom stereocenters. The molecule has 17 heavy (non-hydrogen) atoms. The Morgan fingerprint density at radius 1 is 1.47 bits per heavy atom. The Hall–Kier alpha value is -1.59. The number of unbranched alkanes of at least 4 members (excludes halogenated alkanes) is 1. The van der Waals surface area contributed by atoms with Crippen LogP contribution in [0.1, 0.15) is 36.3 Å². The van der Waals surface area contributed by atoms with Crippen LogP contribution in [0.4, 0.5) is 0 Å². The molecular formula is C15H17NO. The molecule has 1 aliphatic rings. The number of benzene rings is 1. The van der Waals surface area contributed by atoms with Crippen molar-refractivity contribution in [1.29, 1.82) is 0 Å². The van der Waals surface area contributed by atoms with Crippen molar-refractivity contribution in [3.05, 3.63) is 35.4 Å². The molecular weight excluding hydrogens is 210 g/mol. The first-order valence-electron chi connectivity index (χ1n) is 6.07. The smallest absolute Gasteiger partial charge is 0.141 e. The Morgan fingerprint density at radius 3 is 3.12 bits per heavy atom. The van der Waals surface area contributed by atoms with Crippen LogP contribution in [0.2, 0.25) is 0 Å². The van der Waals surface area contributed by atoms with Gasteiger partial charge in [0.15, 0.2) is 0 Å². The van der Waals surface area contributed by atoms with E-state index in [-0.39, 0.29) is 5.92 Å². The number of nitrogens with one attached hydrogen (secondary N) is 1. The van der Waals surface area contributed by atoms with Gasteiger partial charge in [-0.1, -0.05) is 24.3 Å². The number of carbonyl (C=O) groups excluding carboxylic acids is 1. The van der Waals surface area contributed by atoms with Gasteiger partial charge in [-0.15, -0.1) is 12.3 Å². The summed E-state index contributed by atoms with van der Waals surface area (Å²) in [5, 5.41) is 3.30.